The van der Waals surface area contributed by atoms with Gasteiger partial charge in [0.25, 0.3) is 12.3 Å². The maximum absolute atomic E-state index is 12.5. The van der Waals surface area contributed by atoms with Crippen LogP contribution in [0.25, 0.3) is 22.3 Å². The lowest BCUT2D eigenvalue weighted by atomic mass is 10.1. The van der Waals surface area contributed by atoms with Gasteiger partial charge in [-0.2, -0.15) is 0 Å². The van der Waals surface area contributed by atoms with Gasteiger partial charge >= 0.3 is 0 Å². The number of alkyl halides is 2. The Labute approximate surface area is 171 Å². The molecule has 2 aromatic heterocycles. The number of nitrogens with one attached hydrogen (secondary N) is 2. The van der Waals surface area contributed by atoms with Crippen molar-refractivity contribution in [3.63, 3.8) is 0 Å². The van der Waals surface area contributed by atoms with Crippen molar-refractivity contribution in [2.45, 2.75) is 6.43 Å². The minimum absolute atomic E-state index is 0.240. The maximum Gasteiger partial charge on any atom is 0.255 e. The van der Waals surface area contributed by atoms with Crippen LogP contribution in [-0.4, -0.2) is 33.8 Å². The molecule has 0 radical (unpaired) electrons. The van der Waals surface area contributed by atoms with E-state index in [0.29, 0.717) is 22.8 Å². The number of amides is 1. The van der Waals surface area contributed by atoms with Crippen LogP contribution < -0.4 is 10.6 Å². The summed E-state index contributed by atoms with van der Waals surface area (Å²) in [5.41, 5.74) is 2.15. The first kappa shape index (κ1) is 19.4. The summed E-state index contributed by atoms with van der Waals surface area (Å²) < 4.78 is 25.0. The summed E-state index contributed by atoms with van der Waals surface area (Å²) in [5, 5.41) is 6.16. The maximum atomic E-state index is 12.5. The molecule has 2 N–H and O–H groups in total. The van der Waals surface area contributed by atoms with E-state index in [1.54, 1.807) is 42.7 Å². The summed E-state index contributed by atoms with van der Waals surface area (Å²) >= 11 is 0. The Morgan fingerprint density at radius 2 is 1.77 bits per heavy atom. The van der Waals surface area contributed by atoms with Gasteiger partial charge in [0.2, 0.25) is 0 Å². The SMILES string of the molecule is O=C(NCC(F)F)c1ccccc1Nc1nc(-c2cccnc2)nc2ccccc12. The molecule has 0 bridgehead atoms. The van der Waals surface area contributed by atoms with E-state index in [1.165, 1.54) is 0 Å². The van der Waals surface area contributed by atoms with Crippen LogP contribution in [0.3, 0.4) is 0 Å². The number of anilines is 2. The van der Waals surface area contributed by atoms with Crippen LogP contribution in [0, 0.1) is 0 Å². The molecule has 0 aliphatic rings. The highest BCUT2D eigenvalue weighted by molar-refractivity contribution is 6.01. The van der Waals surface area contributed by atoms with E-state index >= 15 is 0 Å². The second-order valence-corrected chi connectivity index (χ2v) is 6.43. The fourth-order valence-corrected chi connectivity index (χ4v) is 2.98. The smallest absolute Gasteiger partial charge is 0.255 e. The number of pyridine rings is 1. The molecular weight excluding hydrogens is 388 g/mol. The van der Waals surface area contributed by atoms with Crippen LogP contribution in [0.2, 0.25) is 0 Å². The molecule has 6 nitrogen and oxygen atoms in total. The molecule has 8 heteroatoms. The summed E-state index contributed by atoms with van der Waals surface area (Å²) in [5.74, 6) is 0.377. The highest BCUT2D eigenvalue weighted by atomic mass is 19.3. The molecule has 0 atom stereocenters. The lowest BCUT2D eigenvalue weighted by molar-refractivity contribution is 0.0892. The summed E-state index contributed by atoms with van der Waals surface area (Å²) in [6.45, 7) is -0.714. The van der Waals surface area contributed by atoms with Crippen LogP contribution in [0.5, 0.6) is 0 Å². The van der Waals surface area contributed by atoms with Crippen LogP contribution >= 0.6 is 0 Å². The number of carbonyl (C=O) groups excluding carboxylic acids is 1. The van der Waals surface area contributed by atoms with Crippen molar-refractivity contribution in [2.75, 3.05) is 11.9 Å². The zero-order valence-corrected chi connectivity index (χ0v) is 15.7. The molecule has 0 saturated heterocycles. The van der Waals surface area contributed by atoms with Crippen molar-refractivity contribution in [3.8, 4) is 11.4 Å². The molecule has 2 aromatic carbocycles. The molecule has 0 unspecified atom stereocenters. The Balaban J connectivity index is 1.75. The largest absolute Gasteiger partial charge is 0.346 e. The van der Waals surface area contributed by atoms with E-state index < -0.39 is 18.9 Å². The monoisotopic (exact) mass is 405 g/mol. The van der Waals surface area contributed by atoms with E-state index in [4.69, 9.17) is 0 Å². The van der Waals surface area contributed by atoms with Crippen molar-refractivity contribution in [3.05, 3.63) is 78.6 Å². The number of para-hydroxylation sites is 2. The van der Waals surface area contributed by atoms with Gasteiger partial charge in [-0.3, -0.25) is 9.78 Å². The lowest BCUT2D eigenvalue weighted by Crippen LogP contribution is -2.29. The standard InChI is InChI=1S/C22H17F2N5O/c23-19(24)13-26-22(30)16-8-2-4-10-18(16)28-21-15-7-1-3-9-17(15)27-20(29-21)14-6-5-11-25-12-14/h1-12,19H,13H2,(H,26,30)(H,27,28,29). The fraction of sp³-hybridized carbons (Fsp3) is 0.0909. The average Bonchev–Trinajstić information content (AvgIpc) is 2.78. The van der Waals surface area contributed by atoms with Gasteiger partial charge in [-0.25, -0.2) is 18.7 Å². The molecule has 2 heterocycles. The van der Waals surface area contributed by atoms with Gasteiger partial charge in [0.1, 0.15) is 5.82 Å². The highest BCUT2D eigenvalue weighted by Gasteiger charge is 2.15. The van der Waals surface area contributed by atoms with Gasteiger partial charge in [0.05, 0.1) is 23.3 Å². The van der Waals surface area contributed by atoms with Gasteiger partial charge in [-0.1, -0.05) is 24.3 Å². The topological polar surface area (TPSA) is 79.8 Å². The van der Waals surface area contributed by atoms with Crippen molar-refractivity contribution in [2.24, 2.45) is 0 Å². The number of hydrogen-bond donors (Lipinski definition) is 2. The number of halogens is 2. The third kappa shape index (κ3) is 4.22. The quantitative estimate of drug-likeness (QED) is 0.496. The lowest BCUT2D eigenvalue weighted by Gasteiger charge is -2.14. The Kier molecular flexibility index (Phi) is 5.56. The van der Waals surface area contributed by atoms with Gasteiger partial charge in [0, 0.05) is 23.3 Å². The summed E-state index contributed by atoms with van der Waals surface area (Å²) in [6.07, 6.45) is 0.708. The fourth-order valence-electron chi connectivity index (χ4n) is 2.98. The first-order valence-electron chi connectivity index (χ1n) is 9.21. The molecule has 0 fully saturated rings. The number of carbonyl (C=O) groups is 1. The second kappa shape index (κ2) is 8.60. The minimum atomic E-state index is -2.62. The van der Waals surface area contributed by atoms with Gasteiger partial charge in [0.15, 0.2) is 5.82 Å². The van der Waals surface area contributed by atoms with Crippen LogP contribution in [-0.2, 0) is 0 Å². The van der Waals surface area contributed by atoms with E-state index in [-0.39, 0.29) is 5.56 Å². The van der Waals surface area contributed by atoms with Crippen LogP contribution in [0.4, 0.5) is 20.3 Å². The predicted octanol–water partition coefficient (Wildman–Crippen LogP) is 4.43. The first-order valence-corrected chi connectivity index (χ1v) is 9.21. The third-order valence-corrected chi connectivity index (χ3v) is 4.36. The molecule has 150 valence electrons. The molecule has 4 aromatic rings. The number of fused-ring (bicyclic) bond motifs is 1. The number of aromatic nitrogens is 3. The molecule has 0 aliphatic carbocycles. The second-order valence-electron chi connectivity index (χ2n) is 6.43. The van der Waals surface area contributed by atoms with Crippen molar-refractivity contribution in [1.82, 2.24) is 20.3 Å². The zero-order valence-electron chi connectivity index (χ0n) is 15.7. The van der Waals surface area contributed by atoms with Crippen molar-refractivity contribution < 1.29 is 13.6 Å². The van der Waals surface area contributed by atoms with Gasteiger partial charge in [-0.05, 0) is 36.4 Å². The molecule has 4 rings (SSSR count). The molecule has 1 amide bonds. The Morgan fingerprint density at radius 1 is 0.967 bits per heavy atom. The van der Waals surface area contributed by atoms with Crippen LogP contribution in [0.15, 0.2) is 73.1 Å². The number of hydrogen-bond acceptors (Lipinski definition) is 5. The number of benzene rings is 2. The van der Waals surface area contributed by atoms with Gasteiger partial charge in [-0.15, -0.1) is 0 Å². The number of nitrogens with zero attached hydrogens (tertiary/aromatic N) is 3. The molecular formula is C22H17F2N5O. The Morgan fingerprint density at radius 3 is 2.57 bits per heavy atom. The van der Waals surface area contributed by atoms with Crippen molar-refractivity contribution >= 4 is 28.3 Å². The van der Waals surface area contributed by atoms with E-state index in [0.717, 1.165) is 10.9 Å². The minimum Gasteiger partial charge on any atom is -0.346 e. The van der Waals surface area contributed by atoms with E-state index in [1.807, 2.05) is 30.3 Å². The average molecular weight is 405 g/mol. The summed E-state index contributed by atoms with van der Waals surface area (Å²) in [6, 6.07) is 17.8. The van der Waals surface area contributed by atoms with Gasteiger partial charge < -0.3 is 10.6 Å². The highest BCUT2D eigenvalue weighted by Crippen LogP contribution is 2.28. The summed E-state index contributed by atoms with van der Waals surface area (Å²) in [7, 11) is 0. The Hall–Kier alpha value is -3.94. The van der Waals surface area contributed by atoms with Crippen molar-refractivity contribution in [1.29, 1.82) is 0 Å². The molecule has 30 heavy (non-hydrogen) atoms. The molecule has 0 aliphatic heterocycles. The Bertz CT molecular complexity index is 1180. The predicted molar refractivity (Wildman–Crippen MR) is 111 cm³/mol. The van der Waals surface area contributed by atoms with Crippen LogP contribution in [0.1, 0.15) is 10.4 Å². The summed E-state index contributed by atoms with van der Waals surface area (Å²) in [4.78, 5) is 25.7. The molecule has 0 spiro atoms. The number of rotatable bonds is 6. The zero-order chi connectivity index (χ0) is 20.9. The molecule has 0 saturated carbocycles. The van der Waals surface area contributed by atoms with E-state index in [2.05, 4.69) is 25.6 Å². The first-order chi connectivity index (χ1) is 14.6. The third-order valence-electron chi connectivity index (χ3n) is 4.36. The van der Waals surface area contributed by atoms with E-state index in [9.17, 15) is 13.6 Å². The normalized spacial score (nSPS) is 10.9.